The first-order valence-electron chi connectivity index (χ1n) is 6.03. The van der Waals surface area contributed by atoms with E-state index in [1.165, 1.54) is 12.1 Å². The van der Waals surface area contributed by atoms with Crippen LogP contribution >= 0.6 is 0 Å². The van der Waals surface area contributed by atoms with Crippen molar-refractivity contribution in [2.24, 2.45) is 0 Å². The fourth-order valence-electron chi connectivity index (χ4n) is 2.38. The molecule has 20 heavy (non-hydrogen) atoms. The molecule has 6 heteroatoms. The lowest BCUT2D eigenvalue weighted by Gasteiger charge is -2.16. The molecule has 2 aromatic carbocycles. The molecule has 108 valence electrons. The lowest BCUT2D eigenvalue weighted by atomic mass is 9.93. The van der Waals surface area contributed by atoms with Gasteiger partial charge in [-0.15, -0.1) is 0 Å². The summed E-state index contributed by atoms with van der Waals surface area (Å²) in [6.07, 6.45) is 0. The van der Waals surface area contributed by atoms with Gasteiger partial charge >= 0.3 is 0 Å². The summed E-state index contributed by atoms with van der Waals surface area (Å²) in [4.78, 5) is 0. The lowest BCUT2D eigenvalue weighted by molar-refractivity contribution is 0.268. The number of hydrogen-bond donors (Lipinski definition) is 6. The summed E-state index contributed by atoms with van der Waals surface area (Å²) in [7, 11) is 0. The van der Waals surface area contributed by atoms with Crippen molar-refractivity contribution >= 4 is 10.8 Å². The minimum Gasteiger partial charge on any atom is -0.507 e. The SMILES string of the molecule is OCc1cc(CO)c2c(O)c(CO)cc(CO)c2c1O. The van der Waals surface area contributed by atoms with Gasteiger partial charge in [-0.1, -0.05) is 0 Å². The van der Waals surface area contributed by atoms with Gasteiger partial charge in [0.15, 0.2) is 0 Å². The second kappa shape index (κ2) is 5.64. The van der Waals surface area contributed by atoms with Crippen molar-refractivity contribution < 1.29 is 30.6 Å². The lowest BCUT2D eigenvalue weighted by Crippen LogP contribution is -1.99. The Kier molecular flexibility index (Phi) is 4.10. The average Bonchev–Trinajstić information content (AvgIpc) is 2.48. The predicted octanol–water partition coefficient (Wildman–Crippen LogP) is 0.220. The molecule has 2 aromatic rings. The number of aromatic hydroxyl groups is 2. The van der Waals surface area contributed by atoms with Crippen molar-refractivity contribution in [1.29, 1.82) is 0 Å². The van der Waals surface area contributed by atoms with Crippen molar-refractivity contribution in [3.63, 3.8) is 0 Å². The van der Waals surface area contributed by atoms with Crippen LogP contribution in [-0.4, -0.2) is 30.6 Å². The monoisotopic (exact) mass is 280 g/mol. The summed E-state index contributed by atoms with van der Waals surface area (Å²) in [5.41, 5.74) is 0.966. The van der Waals surface area contributed by atoms with E-state index in [9.17, 15) is 30.6 Å². The van der Waals surface area contributed by atoms with Crippen LogP contribution in [0.4, 0.5) is 0 Å². The second-order valence-electron chi connectivity index (χ2n) is 4.47. The molecule has 0 atom stereocenters. The van der Waals surface area contributed by atoms with Crippen LogP contribution < -0.4 is 0 Å². The summed E-state index contributed by atoms with van der Waals surface area (Å²) >= 11 is 0. The van der Waals surface area contributed by atoms with E-state index in [0.29, 0.717) is 11.1 Å². The number of fused-ring (bicyclic) bond motifs is 1. The number of rotatable bonds is 4. The van der Waals surface area contributed by atoms with Crippen molar-refractivity contribution in [3.05, 3.63) is 34.4 Å². The normalized spacial score (nSPS) is 11.2. The molecule has 6 nitrogen and oxygen atoms in total. The van der Waals surface area contributed by atoms with E-state index in [2.05, 4.69) is 0 Å². The molecule has 0 aliphatic rings. The molecule has 0 heterocycles. The van der Waals surface area contributed by atoms with Gasteiger partial charge in [-0.05, 0) is 23.3 Å². The molecular formula is C14H16O6. The summed E-state index contributed by atoms with van der Waals surface area (Å²) in [5, 5.41) is 57.9. The van der Waals surface area contributed by atoms with Crippen LogP contribution in [0.3, 0.4) is 0 Å². The first-order valence-corrected chi connectivity index (χ1v) is 6.03. The Labute approximate surface area is 114 Å². The molecule has 0 radical (unpaired) electrons. The third-order valence-electron chi connectivity index (χ3n) is 3.35. The second-order valence-corrected chi connectivity index (χ2v) is 4.47. The van der Waals surface area contributed by atoms with E-state index in [0.717, 1.165) is 0 Å². The Balaban J connectivity index is 3.02. The number of benzene rings is 2. The quantitative estimate of drug-likeness (QED) is 0.476. The molecule has 6 N–H and O–H groups in total. The van der Waals surface area contributed by atoms with Crippen LogP contribution in [-0.2, 0) is 26.4 Å². The maximum atomic E-state index is 10.1. The minimum absolute atomic E-state index is 0.165. The first-order chi connectivity index (χ1) is 9.58. The van der Waals surface area contributed by atoms with Gasteiger partial charge in [0.1, 0.15) is 11.5 Å². The molecule has 0 unspecified atom stereocenters. The molecule has 2 rings (SSSR count). The van der Waals surface area contributed by atoms with Gasteiger partial charge in [0.25, 0.3) is 0 Å². The van der Waals surface area contributed by atoms with Gasteiger partial charge in [0.2, 0.25) is 0 Å². The molecule has 0 aromatic heterocycles. The molecule has 0 aliphatic carbocycles. The molecule has 0 spiro atoms. The molecular weight excluding hydrogens is 264 g/mol. The molecule has 0 saturated carbocycles. The summed E-state index contributed by atoms with van der Waals surface area (Å²) in [6, 6.07) is 2.75. The molecule has 0 bridgehead atoms. The average molecular weight is 280 g/mol. The van der Waals surface area contributed by atoms with Crippen LogP contribution in [0, 0.1) is 0 Å². The largest absolute Gasteiger partial charge is 0.507 e. The fourth-order valence-corrected chi connectivity index (χ4v) is 2.38. The highest BCUT2D eigenvalue weighted by atomic mass is 16.3. The van der Waals surface area contributed by atoms with Gasteiger partial charge in [-0.3, -0.25) is 0 Å². The van der Waals surface area contributed by atoms with E-state index in [4.69, 9.17) is 0 Å². The van der Waals surface area contributed by atoms with Crippen molar-refractivity contribution in [3.8, 4) is 11.5 Å². The standard InChI is InChI=1S/C14H16O6/c15-3-7-1-9(5-17)13(19)12-8(4-16)2-10(6-18)14(20)11(7)12/h1-2,15-20H,3-6H2. The highest BCUT2D eigenvalue weighted by Crippen LogP contribution is 2.41. The van der Waals surface area contributed by atoms with Crippen molar-refractivity contribution in [1.82, 2.24) is 0 Å². The van der Waals surface area contributed by atoms with E-state index < -0.39 is 26.4 Å². The molecule has 0 saturated heterocycles. The Morgan fingerprint density at radius 1 is 0.550 bits per heavy atom. The first kappa shape index (κ1) is 14.5. The van der Waals surface area contributed by atoms with Gasteiger partial charge in [-0.2, -0.15) is 0 Å². The Hall–Kier alpha value is -1.86. The van der Waals surface area contributed by atoms with E-state index >= 15 is 0 Å². The maximum Gasteiger partial charge on any atom is 0.129 e. The zero-order valence-corrected chi connectivity index (χ0v) is 10.7. The third-order valence-corrected chi connectivity index (χ3v) is 3.35. The fraction of sp³-hybridized carbons (Fsp3) is 0.286. The Morgan fingerprint density at radius 2 is 0.850 bits per heavy atom. The van der Waals surface area contributed by atoms with Crippen molar-refractivity contribution in [2.75, 3.05) is 0 Å². The topological polar surface area (TPSA) is 121 Å². The zero-order chi connectivity index (χ0) is 14.9. The molecule has 0 aliphatic heterocycles. The van der Waals surface area contributed by atoms with Crippen LogP contribution in [0.5, 0.6) is 11.5 Å². The molecule has 0 amide bonds. The number of aliphatic hydroxyl groups is 4. The maximum absolute atomic E-state index is 10.1. The van der Waals surface area contributed by atoms with E-state index in [-0.39, 0.29) is 33.4 Å². The third kappa shape index (κ3) is 2.08. The minimum atomic E-state index is -0.442. The predicted molar refractivity (Wildman–Crippen MR) is 71.0 cm³/mol. The highest BCUT2D eigenvalue weighted by molar-refractivity contribution is 5.99. The number of aliphatic hydroxyl groups excluding tert-OH is 4. The Bertz CT molecular complexity index is 593. The molecule has 0 fully saturated rings. The van der Waals surface area contributed by atoms with Crippen LogP contribution in [0.15, 0.2) is 12.1 Å². The van der Waals surface area contributed by atoms with E-state index in [1.54, 1.807) is 0 Å². The van der Waals surface area contributed by atoms with E-state index in [1.807, 2.05) is 0 Å². The van der Waals surface area contributed by atoms with Crippen LogP contribution in [0.2, 0.25) is 0 Å². The van der Waals surface area contributed by atoms with Gasteiger partial charge in [0.05, 0.1) is 26.4 Å². The smallest absolute Gasteiger partial charge is 0.129 e. The Morgan fingerprint density at radius 3 is 1.10 bits per heavy atom. The van der Waals surface area contributed by atoms with Crippen molar-refractivity contribution in [2.45, 2.75) is 26.4 Å². The summed E-state index contributed by atoms with van der Waals surface area (Å²) < 4.78 is 0. The number of phenols is 2. The highest BCUT2D eigenvalue weighted by Gasteiger charge is 2.19. The van der Waals surface area contributed by atoms with Gasteiger partial charge in [0, 0.05) is 21.9 Å². The summed E-state index contributed by atoms with van der Waals surface area (Å²) in [6.45, 7) is -1.72. The van der Waals surface area contributed by atoms with Gasteiger partial charge < -0.3 is 30.6 Å². The number of hydrogen-bond acceptors (Lipinski definition) is 6. The zero-order valence-electron chi connectivity index (χ0n) is 10.7. The van der Waals surface area contributed by atoms with Crippen LogP contribution in [0.1, 0.15) is 22.3 Å². The summed E-state index contributed by atoms with van der Waals surface area (Å²) in [5.74, 6) is -0.521. The van der Waals surface area contributed by atoms with Crippen LogP contribution in [0.25, 0.3) is 10.8 Å². The van der Waals surface area contributed by atoms with Gasteiger partial charge in [-0.25, -0.2) is 0 Å².